The lowest BCUT2D eigenvalue weighted by molar-refractivity contribution is -0.137. The van der Waals surface area contributed by atoms with Crippen molar-refractivity contribution in [1.29, 1.82) is 0 Å². The summed E-state index contributed by atoms with van der Waals surface area (Å²) in [6.45, 7) is 5.79. The van der Waals surface area contributed by atoms with Crippen LogP contribution < -0.4 is 21.1 Å². The molecule has 1 aliphatic heterocycles. The van der Waals surface area contributed by atoms with Crippen molar-refractivity contribution in [2.24, 2.45) is 5.73 Å². The van der Waals surface area contributed by atoms with Gasteiger partial charge in [0.15, 0.2) is 5.69 Å². The summed E-state index contributed by atoms with van der Waals surface area (Å²) in [5.74, 6) is -1.88. The molecule has 33 heavy (non-hydrogen) atoms. The van der Waals surface area contributed by atoms with E-state index in [9.17, 15) is 14.4 Å². The second-order valence-corrected chi connectivity index (χ2v) is 7.17. The number of para-hydroxylation sites is 2. The number of anilines is 1. The number of carbonyl (C=O) groups excluding carboxylic acids is 3. The molecule has 0 saturated heterocycles. The molecule has 0 radical (unpaired) electrons. The van der Waals surface area contributed by atoms with Gasteiger partial charge in [0.25, 0.3) is 18.2 Å². The number of aryl methyl sites for hydroxylation is 1. The first kappa shape index (κ1) is 23.5. The van der Waals surface area contributed by atoms with Crippen LogP contribution in [0, 0.1) is 6.92 Å². The van der Waals surface area contributed by atoms with Gasteiger partial charge in [0.05, 0.1) is 5.69 Å². The molecule has 2 aromatic carbocycles. The molecule has 0 fully saturated rings. The van der Waals surface area contributed by atoms with E-state index in [1.165, 1.54) is 4.68 Å². The van der Waals surface area contributed by atoms with Crippen molar-refractivity contribution >= 4 is 23.3 Å². The van der Waals surface area contributed by atoms with Gasteiger partial charge in [-0.3, -0.25) is 14.4 Å². The van der Waals surface area contributed by atoms with Crippen LogP contribution in [0.1, 0.15) is 41.9 Å². The molecule has 3 aromatic rings. The van der Waals surface area contributed by atoms with Crippen LogP contribution in [0.4, 0.5) is 5.69 Å². The van der Waals surface area contributed by atoms with Gasteiger partial charge >= 0.3 is 0 Å². The summed E-state index contributed by atoms with van der Waals surface area (Å²) in [4.78, 5) is 36.6. The maximum atomic E-state index is 12.8. The molecule has 1 aliphatic rings. The molecule has 0 aliphatic carbocycles. The molecule has 1 aromatic heterocycles. The van der Waals surface area contributed by atoms with Gasteiger partial charge in [0, 0.05) is 12.1 Å². The average Bonchev–Trinajstić information content (AvgIpc) is 3.43. The maximum Gasteiger partial charge on any atom is 0.287 e. The summed E-state index contributed by atoms with van der Waals surface area (Å²) in [5, 5.41) is 10.1. The van der Waals surface area contributed by atoms with Crippen molar-refractivity contribution in [1.82, 2.24) is 15.1 Å². The van der Waals surface area contributed by atoms with Crippen LogP contribution in [0.5, 0.6) is 5.75 Å². The molecule has 4 rings (SSSR count). The van der Waals surface area contributed by atoms with E-state index in [4.69, 9.17) is 10.5 Å². The zero-order valence-corrected chi connectivity index (χ0v) is 18.7. The summed E-state index contributed by atoms with van der Waals surface area (Å²) in [6, 6.07) is 17.0. The normalized spacial score (nSPS) is 14.6. The van der Waals surface area contributed by atoms with E-state index in [2.05, 4.69) is 15.7 Å². The van der Waals surface area contributed by atoms with Crippen LogP contribution >= 0.6 is 0 Å². The Hall–Kier alpha value is -4.14. The van der Waals surface area contributed by atoms with Crippen LogP contribution in [0.3, 0.4) is 0 Å². The molecule has 9 heteroatoms. The Kier molecular flexibility index (Phi) is 7.45. The first-order chi connectivity index (χ1) is 15.9. The lowest BCUT2D eigenvalue weighted by Gasteiger charge is -2.16. The first-order valence-corrected chi connectivity index (χ1v) is 10.7. The monoisotopic (exact) mass is 449 g/mol. The number of hydrogen-bond donors (Lipinski definition) is 3. The minimum absolute atomic E-state index is 0.0918. The second-order valence-electron chi connectivity index (χ2n) is 7.17. The fourth-order valence-corrected chi connectivity index (χ4v) is 3.38. The smallest absolute Gasteiger partial charge is 0.287 e. The van der Waals surface area contributed by atoms with Gasteiger partial charge in [-0.1, -0.05) is 56.3 Å². The molecule has 2 heterocycles. The van der Waals surface area contributed by atoms with E-state index < -0.39 is 30.0 Å². The van der Waals surface area contributed by atoms with Crippen molar-refractivity contribution in [2.75, 3.05) is 5.32 Å². The summed E-state index contributed by atoms with van der Waals surface area (Å²) in [5.41, 5.74) is 7.55. The van der Waals surface area contributed by atoms with Crippen molar-refractivity contribution < 1.29 is 19.1 Å². The third-order valence-corrected chi connectivity index (χ3v) is 4.93. The van der Waals surface area contributed by atoms with Gasteiger partial charge in [0.1, 0.15) is 11.8 Å². The summed E-state index contributed by atoms with van der Waals surface area (Å²) < 4.78 is 7.38. The molecule has 2 unspecified atom stereocenters. The molecule has 0 bridgehead atoms. The lowest BCUT2D eigenvalue weighted by Crippen LogP contribution is -2.47. The van der Waals surface area contributed by atoms with Crippen LogP contribution in [-0.4, -0.2) is 33.4 Å². The van der Waals surface area contributed by atoms with Crippen molar-refractivity contribution in [3.8, 4) is 5.75 Å². The predicted molar refractivity (Wildman–Crippen MR) is 124 cm³/mol. The zero-order valence-electron chi connectivity index (χ0n) is 18.7. The van der Waals surface area contributed by atoms with E-state index in [0.717, 1.165) is 11.3 Å². The molecule has 0 saturated carbocycles. The highest BCUT2D eigenvalue weighted by Crippen LogP contribution is 2.35. The number of fused-ring (bicyclic) bond motifs is 1. The SMILES string of the molecule is CC.Cc1cc(C(=O)NC(Cc2ccccc2)C(=O)C(N)=O)nn1C1Nc2ccccc2O1. The third-order valence-electron chi connectivity index (χ3n) is 4.93. The van der Waals surface area contributed by atoms with Gasteiger partial charge in [-0.25, -0.2) is 4.68 Å². The second kappa shape index (κ2) is 10.4. The highest BCUT2D eigenvalue weighted by Gasteiger charge is 2.29. The topological polar surface area (TPSA) is 128 Å². The Bertz CT molecular complexity index is 1120. The quantitative estimate of drug-likeness (QED) is 0.476. The lowest BCUT2D eigenvalue weighted by atomic mass is 10.0. The number of aromatic nitrogens is 2. The van der Waals surface area contributed by atoms with E-state index in [-0.39, 0.29) is 12.1 Å². The number of ether oxygens (including phenoxy) is 1. The van der Waals surface area contributed by atoms with Gasteiger partial charge < -0.3 is 21.1 Å². The molecule has 172 valence electrons. The maximum absolute atomic E-state index is 12.8. The molecular weight excluding hydrogens is 422 g/mol. The average molecular weight is 450 g/mol. The predicted octanol–water partition coefficient (Wildman–Crippen LogP) is 2.57. The number of nitrogens with one attached hydrogen (secondary N) is 2. The van der Waals surface area contributed by atoms with Gasteiger partial charge in [-0.05, 0) is 30.7 Å². The van der Waals surface area contributed by atoms with Gasteiger partial charge in [-0.2, -0.15) is 5.10 Å². The Morgan fingerprint density at radius 3 is 2.45 bits per heavy atom. The molecule has 2 amide bonds. The van der Waals surface area contributed by atoms with E-state index in [1.807, 2.05) is 44.2 Å². The Balaban J connectivity index is 0.00000149. The Morgan fingerprint density at radius 2 is 1.79 bits per heavy atom. The highest BCUT2D eigenvalue weighted by molar-refractivity contribution is 6.38. The Morgan fingerprint density at radius 1 is 1.12 bits per heavy atom. The molecule has 2 atom stereocenters. The summed E-state index contributed by atoms with van der Waals surface area (Å²) >= 11 is 0. The van der Waals surface area contributed by atoms with Crippen LogP contribution in [0.25, 0.3) is 0 Å². The minimum Gasteiger partial charge on any atom is -0.448 e. The van der Waals surface area contributed by atoms with E-state index in [0.29, 0.717) is 11.4 Å². The van der Waals surface area contributed by atoms with E-state index >= 15 is 0 Å². The number of rotatable bonds is 7. The molecule has 9 nitrogen and oxygen atoms in total. The van der Waals surface area contributed by atoms with Crippen molar-refractivity contribution in [3.05, 3.63) is 77.6 Å². The molecule has 4 N–H and O–H groups in total. The number of amides is 2. The molecular formula is C24H27N5O4. The zero-order chi connectivity index (χ0) is 24.0. The van der Waals surface area contributed by atoms with E-state index in [1.54, 1.807) is 37.3 Å². The number of nitrogens with zero attached hydrogens (tertiary/aromatic N) is 2. The van der Waals surface area contributed by atoms with Crippen LogP contribution in [-0.2, 0) is 16.0 Å². The number of carbonyl (C=O) groups is 3. The Labute approximate surface area is 191 Å². The minimum atomic E-state index is -1.11. The summed E-state index contributed by atoms with van der Waals surface area (Å²) in [7, 11) is 0. The van der Waals surface area contributed by atoms with Gasteiger partial charge in [0.2, 0.25) is 5.78 Å². The first-order valence-electron chi connectivity index (χ1n) is 10.7. The third kappa shape index (κ3) is 5.38. The fourth-order valence-electron chi connectivity index (χ4n) is 3.38. The van der Waals surface area contributed by atoms with Gasteiger partial charge in [-0.15, -0.1) is 0 Å². The number of primary amides is 1. The number of Topliss-reactive ketones (excluding diaryl/α,β-unsaturated/α-hetero) is 1. The number of ketones is 1. The fraction of sp³-hybridized carbons (Fsp3) is 0.250. The standard InChI is InChI=1S/C22H21N5O4.C2H6/c1-13-11-17(26-27(13)22-25-15-9-5-6-10-18(15)31-22)21(30)24-16(19(28)20(23)29)12-14-7-3-2-4-8-14;1-2/h2-11,16,22,25H,12H2,1H3,(H2,23,29)(H,24,30);1-2H3. The largest absolute Gasteiger partial charge is 0.448 e. The number of nitrogens with two attached hydrogens (primary N) is 1. The highest BCUT2D eigenvalue weighted by atomic mass is 16.5. The van der Waals surface area contributed by atoms with Crippen LogP contribution in [0.15, 0.2) is 60.7 Å². The number of benzene rings is 2. The molecule has 0 spiro atoms. The number of hydrogen-bond acceptors (Lipinski definition) is 6. The summed E-state index contributed by atoms with van der Waals surface area (Å²) in [6.07, 6.45) is -0.470. The van der Waals surface area contributed by atoms with Crippen molar-refractivity contribution in [2.45, 2.75) is 39.6 Å². The van der Waals surface area contributed by atoms with Crippen LogP contribution in [0.2, 0.25) is 0 Å². The van der Waals surface area contributed by atoms with Crippen molar-refractivity contribution in [3.63, 3.8) is 0 Å².